The van der Waals surface area contributed by atoms with Crippen LogP contribution in [0.2, 0.25) is 0 Å². The second kappa shape index (κ2) is 9.80. The summed E-state index contributed by atoms with van der Waals surface area (Å²) in [4.78, 5) is 28.6. The number of hydrogen-bond acceptors (Lipinski definition) is 4. The Labute approximate surface area is 169 Å². The Balaban J connectivity index is 1.48. The number of nitrogens with one attached hydrogen (secondary N) is 1. The Morgan fingerprint density at radius 1 is 1.03 bits per heavy atom. The van der Waals surface area contributed by atoms with Crippen LogP contribution in [0.25, 0.3) is 0 Å². The first-order valence-electron chi connectivity index (χ1n) is 9.58. The fraction of sp³-hybridized carbons (Fsp3) is 0.318. The first-order chi connectivity index (χ1) is 14.1. The van der Waals surface area contributed by atoms with Crippen LogP contribution in [0.5, 0.6) is 0 Å². The summed E-state index contributed by atoms with van der Waals surface area (Å²) in [5, 5.41) is 11.4. The van der Waals surface area contributed by atoms with Gasteiger partial charge in [0.05, 0.1) is 23.7 Å². The second-order valence-corrected chi connectivity index (χ2v) is 6.98. The van der Waals surface area contributed by atoms with Crippen molar-refractivity contribution in [2.24, 2.45) is 0 Å². The van der Waals surface area contributed by atoms with Crippen molar-refractivity contribution in [1.29, 1.82) is 5.26 Å². The third-order valence-corrected chi connectivity index (χ3v) is 4.95. The van der Waals surface area contributed by atoms with Crippen LogP contribution >= 0.6 is 0 Å². The Kier molecular flexibility index (Phi) is 6.93. The molecule has 0 spiro atoms. The van der Waals surface area contributed by atoms with Gasteiger partial charge in [-0.3, -0.25) is 14.5 Å². The van der Waals surface area contributed by atoms with E-state index in [1.807, 2.05) is 12.1 Å². The maximum atomic E-state index is 13.7. The lowest BCUT2D eigenvalue weighted by Crippen LogP contribution is -2.42. The van der Waals surface area contributed by atoms with Crippen molar-refractivity contribution < 1.29 is 14.0 Å². The molecule has 1 aliphatic heterocycles. The van der Waals surface area contributed by atoms with Gasteiger partial charge in [0, 0.05) is 32.7 Å². The van der Waals surface area contributed by atoms with Gasteiger partial charge in [0.2, 0.25) is 5.91 Å². The number of hydrogen-bond donors (Lipinski definition) is 1. The molecule has 6 nitrogen and oxygen atoms in total. The Morgan fingerprint density at radius 3 is 2.52 bits per heavy atom. The van der Waals surface area contributed by atoms with E-state index in [0.29, 0.717) is 18.7 Å². The summed E-state index contributed by atoms with van der Waals surface area (Å²) in [5.74, 6) is -1.37. The first kappa shape index (κ1) is 20.5. The minimum Gasteiger partial charge on any atom is -0.343 e. The molecule has 7 heteroatoms. The number of amides is 2. The highest BCUT2D eigenvalue weighted by atomic mass is 19.1. The molecule has 1 saturated heterocycles. The second-order valence-electron chi connectivity index (χ2n) is 6.98. The summed E-state index contributed by atoms with van der Waals surface area (Å²) >= 11 is 0. The lowest BCUT2D eigenvalue weighted by molar-refractivity contribution is -0.130. The summed E-state index contributed by atoms with van der Waals surface area (Å²) in [6.07, 6.45) is 0.837. The predicted octanol–water partition coefficient (Wildman–Crippen LogP) is 2.16. The van der Waals surface area contributed by atoms with Crippen LogP contribution in [-0.2, 0) is 11.3 Å². The highest BCUT2D eigenvalue weighted by Crippen LogP contribution is 2.11. The Morgan fingerprint density at radius 2 is 1.79 bits per heavy atom. The molecule has 150 valence electrons. The maximum absolute atomic E-state index is 13.7. The van der Waals surface area contributed by atoms with Gasteiger partial charge in [-0.15, -0.1) is 0 Å². The fourth-order valence-corrected chi connectivity index (χ4v) is 3.33. The fourth-order valence-electron chi connectivity index (χ4n) is 3.33. The van der Waals surface area contributed by atoms with Gasteiger partial charge in [0.15, 0.2) is 0 Å². The third kappa shape index (κ3) is 5.62. The van der Waals surface area contributed by atoms with Crippen molar-refractivity contribution in [2.45, 2.75) is 13.0 Å². The normalized spacial score (nSPS) is 14.7. The minimum atomic E-state index is -0.606. The van der Waals surface area contributed by atoms with E-state index in [1.165, 1.54) is 18.2 Å². The SMILES string of the molecule is N#Cc1ccc(CN2CCCN(C(=O)CNC(=O)c3ccccc3F)CC2)cc1. The van der Waals surface area contributed by atoms with Gasteiger partial charge < -0.3 is 10.2 Å². The van der Waals surface area contributed by atoms with Crippen LogP contribution < -0.4 is 5.32 Å². The van der Waals surface area contributed by atoms with Crippen LogP contribution in [0, 0.1) is 17.1 Å². The molecule has 0 bridgehead atoms. The quantitative estimate of drug-likeness (QED) is 0.843. The van der Waals surface area contributed by atoms with Crippen LogP contribution in [0.4, 0.5) is 4.39 Å². The molecule has 1 fully saturated rings. The van der Waals surface area contributed by atoms with Gasteiger partial charge in [-0.1, -0.05) is 24.3 Å². The zero-order valence-corrected chi connectivity index (χ0v) is 16.1. The Hall–Kier alpha value is -3.24. The lowest BCUT2D eigenvalue weighted by Gasteiger charge is -2.22. The van der Waals surface area contributed by atoms with Gasteiger partial charge in [0.25, 0.3) is 5.91 Å². The number of carbonyl (C=O) groups is 2. The third-order valence-electron chi connectivity index (χ3n) is 4.95. The van der Waals surface area contributed by atoms with Crippen molar-refractivity contribution in [3.63, 3.8) is 0 Å². The van der Waals surface area contributed by atoms with E-state index in [9.17, 15) is 14.0 Å². The molecule has 1 N–H and O–H groups in total. The van der Waals surface area contributed by atoms with Crippen molar-refractivity contribution in [3.8, 4) is 6.07 Å². The summed E-state index contributed by atoms with van der Waals surface area (Å²) in [6, 6.07) is 15.3. The minimum absolute atomic E-state index is 0.0650. The monoisotopic (exact) mass is 394 g/mol. The first-order valence-corrected chi connectivity index (χ1v) is 9.58. The average Bonchev–Trinajstić information content (AvgIpc) is 2.98. The summed E-state index contributed by atoms with van der Waals surface area (Å²) in [5.41, 5.74) is 1.70. The van der Waals surface area contributed by atoms with E-state index in [0.717, 1.165) is 31.6 Å². The lowest BCUT2D eigenvalue weighted by atomic mass is 10.1. The molecule has 2 aromatic carbocycles. The van der Waals surface area contributed by atoms with Gasteiger partial charge >= 0.3 is 0 Å². The van der Waals surface area contributed by atoms with Crippen molar-refractivity contribution in [1.82, 2.24) is 15.1 Å². The molecule has 29 heavy (non-hydrogen) atoms. The molecule has 0 atom stereocenters. The van der Waals surface area contributed by atoms with Gasteiger partial charge in [-0.2, -0.15) is 5.26 Å². The molecule has 1 aliphatic rings. The number of nitriles is 1. The number of benzene rings is 2. The number of halogens is 1. The van der Waals surface area contributed by atoms with Gasteiger partial charge in [-0.25, -0.2) is 4.39 Å². The molecule has 0 saturated carbocycles. The van der Waals surface area contributed by atoms with Crippen molar-refractivity contribution in [3.05, 3.63) is 71.0 Å². The largest absolute Gasteiger partial charge is 0.343 e. The van der Waals surface area contributed by atoms with Crippen LogP contribution in [0.15, 0.2) is 48.5 Å². The smallest absolute Gasteiger partial charge is 0.254 e. The van der Waals surface area contributed by atoms with E-state index in [1.54, 1.807) is 23.1 Å². The summed E-state index contributed by atoms with van der Waals surface area (Å²) < 4.78 is 13.7. The van der Waals surface area contributed by atoms with E-state index in [4.69, 9.17) is 5.26 Å². The Bertz CT molecular complexity index is 908. The molecule has 2 aromatic rings. The zero-order chi connectivity index (χ0) is 20.6. The molecule has 0 aliphatic carbocycles. The van der Waals surface area contributed by atoms with Crippen LogP contribution in [0.3, 0.4) is 0 Å². The number of nitrogens with zero attached hydrogens (tertiary/aromatic N) is 3. The van der Waals surface area contributed by atoms with Crippen LogP contribution in [-0.4, -0.2) is 54.3 Å². The highest BCUT2D eigenvalue weighted by molar-refractivity contribution is 5.96. The van der Waals surface area contributed by atoms with E-state index in [2.05, 4.69) is 16.3 Å². The van der Waals surface area contributed by atoms with E-state index in [-0.39, 0.29) is 18.0 Å². The zero-order valence-electron chi connectivity index (χ0n) is 16.1. The molecule has 3 rings (SSSR count). The van der Waals surface area contributed by atoms with Crippen molar-refractivity contribution >= 4 is 11.8 Å². The highest BCUT2D eigenvalue weighted by Gasteiger charge is 2.20. The molecule has 0 unspecified atom stereocenters. The van der Waals surface area contributed by atoms with Gasteiger partial charge in [-0.05, 0) is 36.2 Å². The van der Waals surface area contributed by atoms with Crippen LogP contribution in [0.1, 0.15) is 27.9 Å². The van der Waals surface area contributed by atoms with E-state index >= 15 is 0 Å². The van der Waals surface area contributed by atoms with E-state index < -0.39 is 11.7 Å². The van der Waals surface area contributed by atoms with Gasteiger partial charge in [0.1, 0.15) is 5.82 Å². The van der Waals surface area contributed by atoms with Crippen molar-refractivity contribution in [2.75, 3.05) is 32.7 Å². The topological polar surface area (TPSA) is 76.4 Å². The molecular weight excluding hydrogens is 371 g/mol. The molecule has 1 heterocycles. The number of rotatable bonds is 5. The summed E-state index contributed by atoms with van der Waals surface area (Å²) in [7, 11) is 0. The average molecular weight is 394 g/mol. The predicted molar refractivity (Wildman–Crippen MR) is 106 cm³/mol. The molecule has 2 amide bonds. The summed E-state index contributed by atoms with van der Waals surface area (Å²) in [6.45, 7) is 3.40. The molecular formula is C22H23FN4O2. The number of carbonyl (C=O) groups excluding carboxylic acids is 2. The maximum Gasteiger partial charge on any atom is 0.254 e. The standard InChI is InChI=1S/C22H23FN4O2/c23-20-5-2-1-4-19(20)22(29)25-15-21(28)27-11-3-10-26(12-13-27)16-18-8-6-17(14-24)7-9-18/h1-2,4-9H,3,10-13,15-16H2,(H,25,29). The molecule has 0 aromatic heterocycles. The molecule has 0 radical (unpaired) electrons.